The van der Waals surface area contributed by atoms with E-state index in [-0.39, 0.29) is 5.60 Å². The van der Waals surface area contributed by atoms with Gasteiger partial charge in [-0.25, -0.2) is 0 Å². The van der Waals surface area contributed by atoms with Gasteiger partial charge in [0.15, 0.2) is 0 Å². The SMILES string of the molecule is OC1(C2CC2)CN(CC2CCOCC2)C1. The lowest BCUT2D eigenvalue weighted by Gasteiger charge is -2.48. The molecule has 0 aromatic heterocycles. The van der Waals surface area contributed by atoms with Crippen LogP contribution in [0.3, 0.4) is 0 Å². The molecule has 0 atom stereocenters. The Morgan fingerprint density at radius 1 is 1.13 bits per heavy atom. The first-order valence-electron chi connectivity index (χ1n) is 6.29. The molecule has 3 rings (SSSR count). The molecule has 0 radical (unpaired) electrons. The fourth-order valence-electron chi connectivity index (χ4n) is 3.03. The maximum atomic E-state index is 10.2. The molecule has 1 aliphatic carbocycles. The lowest BCUT2D eigenvalue weighted by Crippen LogP contribution is -2.63. The number of rotatable bonds is 3. The number of β-amino-alcohol motifs (C(OH)–C–C–N with tert-alkyl or cyclic N) is 1. The Morgan fingerprint density at radius 2 is 1.80 bits per heavy atom. The molecule has 3 heteroatoms. The van der Waals surface area contributed by atoms with Gasteiger partial charge >= 0.3 is 0 Å². The van der Waals surface area contributed by atoms with Gasteiger partial charge in [0.1, 0.15) is 0 Å². The standard InChI is InChI=1S/C12H21NO2/c14-12(11-1-2-11)8-13(9-12)7-10-3-5-15-6-4-10/h10-11,14H,1-9H2. The van der Waals surface area contributed by atoms with Gasteiger partial charge in [0.05, 0.1) is 5.60 Å². The van der Waals surface area contributed by atoms with Crippen molar-refractivity contribution < 1.29 is 9.84 Å². The molecule has 15 heavy (non-hydrogen) atoms. The second-order valence-corrected chi connectivity index (χ2v) is 5.60. The zero-order chi connectivity index (χ0) is 10.3. The van der Waals surface area contributed by atoms with Crippen LogP contribution in [0.4, 0.5) is 0 Å². The molecule has 86 valence electrons. The number of likely N-dealkylation sites (tertiary alicyclic amines) is 1. The van der Waals surface area contributed by atoms with E-state index in [2.05, 4.69) is 4.90 Å². The molecule has 3 aliphatic rings. The Bertz CT molecular complexity index is 228. The van der Waals surface area contributed by atoms with Gasteiger partial charge in [-0.15, -0.1) is 0 Å². The Hall–Kier alpha value is -0.120. The van der Waals surface area contributed by atoms with Crippen LogP contribution >= 0.6 is 0 Å². The van der Waals surface area contributed by atoms with Crippen LogP contribution in [-0.2, 0) is 4.74 Å². The van der Waals surface area contributed by atoms with Gasteiger partial charge in [0.2, 0.25) is 0 Å². The molecule has 0 spiro atoms. The second kappa shape index (κ2) is 3.72. The van der Waals surface area contributed by atoms with E-state index in [1.54, 1.807) is 0 Å². The summed E-state index contributed by atoms with van der Waals surface area (Å²) in [4.78, 5) is 2.42. The number of hydrogen-bond donors (Lipinski definition) is 1. The average molecular weight is 211 g/mol. The molecule has 0 unspecified atom stereocenters. The maximum absolute atomic E-state index is 10.2. The monoisotopic (exact) mass is 211 g/mol. The smallest absolute Gasteiger partial charge is 0.0928 e. The highest BCUT2D eigenvalue weighted by atomic mass is 16.5. The Morgan fingerprint density at radius 3 is 2.40 bits per heavy atom. The van der Waals surface area contributed by atoms with Crippen LogP contribution in [0.1, 0.15) is 25.7 Å². The van der Waals surface area contributed by atoms with Crippen LogP contribution < -0.4 is 0 Å². The van der Waals surface area contributed by atoms with Gasteiger partial charge in [-0.2, -0.15) is 0 Å². The van der Waals surface area contributed by atoms with Crippen LogP contribution in [0.25, 0.3) is 0 Å². The van der Waals surface area contributed by atoms with Gasteiger partial charge in [0.25, 0.3) is 0 Å². The lowest BCUT2D eigenvalue weighted by molar-refractivity contribution is -0.120. The maximum Gasteiger partial charge on any atom is 0.0928 e. The first-order chi connectivity index (χ1) is 7.26. The zero-order valence-electron chi connectivity index (χ0n) is 9.32. The molecule has 0 aromatic carbocycles. The van der Waals surface area contributed by atoms with Crippen LogP contribution in [0.5, 0.6) is 0 Å². The molecule has 1 saturated carbocycles. The molecule has 2 heterocycles. The number of hydrogen-bond acceptors (Lipinski definition) is 3. The summed E-state index contributed by atoms with van der Waals surface area (Å²) in [5.74, 6) is 1.44. The molecular weight excluding hydrogens is 190 g/mol. The highest BCUT2D eigenvalue weighted by molar-refractivity contribution is 5.05. The third-order valence-corrected chi connectivity index (χ3v) is 4.19. The summed E-state index contributed by atoms with van der Waals surface area (Å²) in [7, 11) is 0. The minimum Gasteiger partial charge on any atom is -0.387 e. The number of ether oxygens (including phenoxy) is 1. The van der Waals surface area contributed by atoms with Crippen molar-refractivity contribution in [3.8, 4) is 0 Å². The molecule has 0 amide bonds. The van der Waals surface area contributed by atoms with E-state index in [9.17, 15) is 5.11 Å². The van der Waals surface area contributed by atoms with E-state index in [1.807, 2.05) is 0 Å². The van der Waals surface area contributed by atoms with Gasteiger partial charge in [-0.1, -0.05) is 0 Å². The van der Waals surface area contributed by atoms with Crippen molar-refractivity contribution in [2.24, 2.45) is 11.8 Å². The van der Waals surface area contributed by atoms with Gasteiger partial charge in [-0.3, -0.25) is 4.90 Å². The quantitative estimate of drug-likeness (QED) is 0.752. The summed E-state index contributed by atoms with van der Waals surface area (Å²) < 4.78 is 5.35. The summed E-state index contributed by atoms with van der Waals surface area (Å²) in [6.07, 6.45) is 4.92. The van der Waals surface area contributed by atoms with E-state index in [0.29, 0.717) is 5.92 Å². The molecule has 2 aliphatic heterocycles. The summed E-state index contributed by atoms with van der Waals surface area (Å²) in [6, 6.07) is 0. The van der Waals surface area contributed by atoms with Gasteiger partial charge < -0.3 is 9.84 Å². The van der Waals surface area contributed by atoms with Crippen molar-refractivity contribution in [2.45, 2.75) is 31.3 Å². The van der Waals surface area contributed by atoms with E-state index in [1.165, 1.54) is 32.2 Å². The molecule has 2 saturated heterocycles. The highest BCUT2D eigenvalue weighted by Crippen LogP contribution is 2.44. The van der Waals surface area contributed by atoms with E-state index in [0.717, 1.165) is 32.2 Å². The Balaban J connectivity index is 1.42. The van der Waals surface area contributed by atoms with Crippen molar-refractivity contribution in [3.63, 3.8) is 0 Å². The van der Waals surface area contributed by atoms with Gasteiger partial charge in [-0.05, 0) is 37.5 Å². The predicted molar refractivity (Wildman–Crippen MR) is 57.7 cm³/mol. The lowest BCUT2D eigenvalue weighted by atomic mass is 9.87. The Kier molecular flexibility index (Phi) is 2.49. The average Bonchev–Trinajstić information content (AvgIpc) is 3.00. The largest absolute Gasteiger partial charge is 0.387 e. The summed E-state index contributed by atoms with van der Waals surface area (Å²) in [5, 5.41) is 10.2. The molecular formula is C12H21NO2. The summed E-state index contributed by atoms with van der Waals surface area (Å²) in [5.41, 5.74) is -0.300. The van der Waals surface area contributed by atoms with Crippen LogP contribution in [0.15, 0.2) is 0 Å². The third-order valence-electron chi connectivity index (χ3n) is 4.19. The number of aliphatic hydroxyl groups is 1. The number of nitrogens with zero attached hydrogens (tertiary/aromatic N) is 1. The minimum absolute atomic E-state index is 0.300. The first kappa shape index (κ1) is 10.1. The predicted octanol–water partition coefficient (Wildman–Crippen LogP) is 0.870. The summed E-state index contributed by atoms with van der Waals surface area (Å²) in [6.45, 7) is 4.90. The highest BCUT2D eigenvalue weighted by Gasteiger charge is 2.51. The van der Waals surface area contributed by atoms with Crippen LogP contribution in [-0.4, -0.2) is 48.5 Å². The third kappa shape index (κ3) is 2.05. The topological polar surface area (TPSA) is 32.7 Å². The van der Waals surface area contributed by atoms with Gasteiger partial charge in [0, 0.05) is 32.8 Å². The molecule has 0 bridgehead atoms. The molecule has 1 N–H and O–H groups in total. The fraction of sp³-hybridized carbons (Fsp3) is 1.00. The van der Waals surface area contributed by atoms with Crippen LogP contribution in [0, 0.1) is 11.8 Å². The van der Waals surface area contributed by atoms with Crippen molar-refractivity contribution in [3.05, 3.63) is 0 Å². The Labute approximate surface area is 91.4 Å². The molecule has 0 aromatic rings. The first-order valence-corrected chi connectivity index (χ1v) is 6.29. The minimum atomic E-state index is -0.300. The van der Waals surface area contributed by atoms with E-state index < -0.39 is 0 Å². The van der Waals surface area contributed by atoms with E-state index >= 15 is 0 Å². The second-order valence-electron chi connectivity index (χ2n) is 5.60. The zero-order valence-corrected chi connectivity index (χ0v) is 9.32. The fourth-order valence-corrected chi connectivity index (χ4v) is 3.03. The van der Waals surface area contributed by atoms with Crippen molar-refractivity contribution in [2.75, 3.05) is 32.8 Å². The van der Waals surface area contributed by atoms with Crippen molar-refractivity contribution in [1.29, 1.82) is 0 Å². The van der Waals surface area contributed by atoms with Crippen molar-refractivity contribution >= 4 is 0 Å². The summed E-state index contributed by atoms with van der Waals surface area (Å²) >= 11 is 0. The normalized spacial score (nSPS) is 32.6. The van der Waals surface area contributed by atoms with E-state index in [4.69, 9.17) is 4.74 Å². The molecule has 3 nitrogen and oxygen atoms in total. The van der Waals surface area contributed by atoms with Crippen LogP contribution in [0.2, 0.25) is 0 Å². The molecule has 3 fully saturated rings. The van der Waals surface area contributed by atoms with Crippen molar-refractivity contribution in [1.82, 2.24) is 4.90 Å².